The Labute approximate surface area is 105 Å². The Hall–Kier alpha value is -0.280. The molecular weight excluding hydrogens is 224 g/mol. The maximum atomic E-state index is 11.6. The standard InChI is InChI=1S/C12H24N2O.ClH/c1-3-4-5-6-12(15)14-11-7-8-13-9-10(11)2;/h10-11,13H,3-9H2,1-2H3,(H,14,15);1H. The third-order valence-corrected chi connectivity index (χ3v) is 3.14. The zero-order valence-electron chi connectivity index (χ0n) is 10.4. The van der Waals surface area contributed by atoms with Gasteiger partial charge in [0.1, 0.15) is 0 Å². The van der Waals surface area contributed by atoms with Crippen LogP contribution in [0.25, 0.3) is 0 Å². The van der Waals surface area contributed by atoms with Gasteiger partial charge in [0.25, 0.3) is 0 Å². The van der Waals surface area contributed by atoms with Gasteiger partial charge in [-0.2, -0.15) is 0 Å². The number of carbonyl (C=O) groups excluding carboxylic acids is 1. The highest BCUT2D eigenvalue weighted by Gasteiger charge is 2.21. The molecule has 1 fully saturated rings. The van der Waals surface area contributed by atoms with Crippen molar-refractivity contribution >= 4 is 18.3 Å². The number of rotatable bonds is 5. The van der Waals surface area contributed by atoms with E-state index in [9.17, 15) is 4.79 Å². The molecule has 0 saturated carbocycles. The Morgan fingerprint density at radius 3 is 2.81 bits per heavy atom. The summed E-state index contributed by atoms with van der Waals surface area (Å²) in [4.78, 5) is 11.6. The molecule has 0 aromatic carbocycles. The largest absolute Gasteiger partial charge is 0.353 e. The molecule has 1 heterocycles. The second kappa shape index (κ2) is 8.82. The van der Waals surface area contributed by atoms with Crippen LogP contribution in [0.1, 0.15) is 46.0 Å². The third-order valence-electron chi connectivity index (χ3n) is 3.14. The van der Waals surface area contributed by atoms with Crippen LogP contribution in [-0.2, 0) is 4.79 Å². The molecule has 2 unspecified atom stereocenters. The summed E-state index contributed by atoms with van der Waals surface area (Å²) in [5.41, 5.74) is 0. The van der Waals surface area contributed by atoms with Gasteiger partial charge in [0.05, 0.1) is 0 Å². The molecule has 0 aromatic heterocycles. The quantitative estimate of drug-likeness (QED) is 0.732. The van der Waals surface area contributed by atoms with Crippen LogP contribution >= 0.6 is 12.4 Å². The fourth-order valence-corrected chi connectivity index (χ4v) is 2.04. The highest BCUT2D eigenvalue weighted by molar-refractivity contribution is 5.85. The van der Waals surface area contributed by atoms with Crippen molar-refractivity contribution < 1.29 is 4.79 Å². The maximum absolute atomic E-state index is 11.6. The smallest absolute Gasteiger partial charge is 0.220 e. The van der Waals surface area contributed by atoms with Gasteiger partial charge < -0.3 is 10.6 Å². The second-order valence-electron chi connectivity index (χ2n) is 4.60. The molecular formula is C12H25ClN2O. The van der Waals surface area contributed by atoms with E-state index in [4.69, 9.17) is 0 Å². The lowest BCUT2D eigenvalue weighted by Crippen LogP contribution is -2.48. The van der Waals surface area contributed by atoms with Crippen LogP contribution in [0.2, 0.25) is 0 Å². The Bertz CT molecular complexity index is 199. The Morgan fingerprint density at radius 2 is 2.19 bits per heavy atom. The summed E-state index contributed by atoms with van der Waals surface area (Å²) in [6.45, 7) is 6.42. The van der Waals surface area contributed by atoms with E-state index in [0.29, 0.717) is 18.4 Å². The van der Waals surface area contributed by atoms with Gasteiger partial charge in [-0.15, -0.1) is 12.4 Å². The average molecular weight is 249 g/mol. The predicted molar refractivity (Wildman–Crippen MR) is 70.0 cm³/mol. The van der Waals surface area contributed by atoms with E-state index >= 15 is 0 Å². The van der Waals surface area contributed by atoms with Crippen LogP contribution < -0.4 is 10.6 Å². The van der Waals surface area contributed by atoms with Gasteiger partial charge in [-0.25, -0.2) is 0 Å². The van der Waals surface area contributed by atoms with E-state index in [1.807, 2.05) is 0 Å². The second-order valence-corrected chi connectivity index (χ2v) is 4.60. The number of hydrogen-bond donors (Lipinski definition) is 2. The number of hydrogen-bond acceptors (Lipinski definition) is 2. The van der Waals surface area contributed by atoms with E-state index in [2.05, 4.69) is 24.5 Å². The fourth-order valence-electron chi connectivity index (χ4n) is 2.04. The molecule has 0 aromatic rings. The molecule has 1 saturated heterocycles. The third kappa shape index (κ3) is 5.71. The van der Waals surface area contributed by atoms with Crippen LogP contribution in [0.3, 0.4) is 0 Å². The summed E-state index contributed by atoms with van der Waals surface area (Å²) >= 11 is 0. The fraction of sp³-hybridized carbons (Fsp3) is 0.917. The van der Waals surface area contributed by atoms with Gasteiger partial charge in [0.2, 0.25) is 5.91 Å². The maximum Gasteiger partial charge on any atom is 0.220 e. The van der Waals surface area contributed by atoms with Gasteiger partial charge in [0, 0.05) is 12.5 Å². The summed E-state index contributed by atoms with van der Waals surface area (Å²) in [6.07, 6.45) is 5.14. The molecule has 0 bridgehead atoms. The first-order valence-electron chi connectivity index (χ1n) is 6.24. The van der Waals surface area contributed by atoms with Crippen molar-refractivity contribution in [2.75, 3.05) is 13.1 Å². The van der Waals surface area contributed by atoms with E-state index in [1.165, 1.54) is 6.42 Å². The molecule has 2 atom stereocenters. The Morgan fingerprint density at radius 1 is 1.44 bits per heavy atom. The van der Waals surface area contributed by atoms with E-state index in [-0.39, 0.29) is 18.3 Å². The summed E-state index contributed by atoms with van der Waals surface area (Å²) in [5, 5.41) is 6.49. The number of nitrogens with one attached hydrogen (secondary N) is 2. The SMILES string of the molecule is CCCCCC(=O)NC1CCNCC1C.Cl. The van der Waals surface area contributed by atoms with Gasteiger partial charge in [-0.05, 0) is 31.8 Å². The van der Waals surface area contributed by atoms with Crippen molar-refractivity contribution in [3.8, 4) is 0 Å². The lowest BCUT2D eigenvalue weighted by molar-refractivity contribution is -0.122. The zero-order chi connectivity index (χ0) is 11.1. The molecule has 0 radical (unpaired) electrons. The van der Waals surface area contributed by atoms with Crippen molar-refractivity contribution in [1.82, 2.24) is 10.6 Å². The van der Waals surface area contributed by atoms with Crippen molar-refractivity contribution in [1.29, 1.82) is 0 Å². The van der Waals surface area contributed by atoms with Gasteiger partial charge in [0.15, 0.2) is 0 Å². The summed E-state index contributed by atoms with van der Waals surface area (Å²) in [7, 11) is 0. The van der Waals surface area contributed by atoms with E-state index in [1.54, 1.807) is 0 Å². The van der Waals surface area contributed by atoms with Crippen LogP contribution in [0.4, 0.5) is 0 Å². The number of unbranched alkanes of at least 4 members (excludes halogenated alkanes) is 2. The first kappa shape index (κ1) is 15.7. The molecule has 3 nitrogen and oxygen atoms in total. The first-order valence-corrected chi connectivity index (χ1v) is 6.24. The monoisotopic (exact) mass is 248 g/mol. The summed E-state index contributed by atoms with van der Waals surface area (Å²) in [5.74, 6) is 0.802. The normalized spacial score (nSPS) is 24.6. The first-order chi connectivity index (χ1) is 7.24. The minimum absolute atomic E-state index is 0. The van der Waals surface area contributed by atoms with Gasteiger partial charge >= 0.3 is 0 Å². The molecule has 1 rings (SSSR count). The molecule has 4 heteroatoms. The molecule has 0 aliphatic carbocycles. The number of amides is 1. The van der Waals surface area contributed by atoms with Gasteiger partial charge in [-0.1, -0.05) is 26.7 Å². The predicted octanol–water partition coefficient (Wildman–Crippen LogP) is 2.10. The lowest BCUT2D eigenvalue weighted by atomic mass is 9.95. The molecule has 2 N–H and O–H groups in total. The van der Waals surface area contributed by atoms with Gasteiger partial charge in [-0.3, -0.25) is 4.79 Å². The Kier molecular flexibility index (Phi) is 8.67. The van der Waals surface area contributed by atoms with Crippen LogP contribution in [0.5, 0.6) is 0 Å². The van der Waals surface area contributed by atoms with Crippen LogP contribution in [-0.4, -0.2) is 25.0 Å². The zero-order valence-corrected chi connectivity index (χ0v) is 11.2. The molecule has 1 amide bonds. The number of carbonyl (C=O) groups is 1. The van der Waals surface area contributed by atoms with Crippen molar-refractivity contribution in [2.24, 2.45) is 5.92 Å². The highest BCUT2D eigenvalue weighted by atomic mass is 35.5. The minimum atomic E-state index is 0. The molecule has 0 spiro atoms. The highest BCUT2D eigenvalue weighted by Crippen LogP contribution is 2.10. The van der Waals surface area contributed by atoms with Crippen LogP contribution in [0.15, 0.2) is 0 Å². The van der Waals surface area contributed by atoms with Crippen molar-refractivity contribution in [3.63, 3.8) is 0 Å². The Balaban J connectivity index is 0.00000225. The molecule has 1 aliphatic heterocycles. The minimum Gasteiger partial charge on any atom is -0.353 e. The van der Waals surface area contributed by atoms with E-state index < -0.39 is 0 Å². The van der Waals surface area contributed by atoms with Crippen LogP contribution in [0, 0.1) is 5.92 Å². The number of piperidine rings is 1. The van der Waals surface area contributed by atoms with Crippen molar-refractivity contribution in [3.05, 3.63) is 0 Å². The molecule has 96 valence electrons. The average Bonchev–Trinajstić information content (AvgIpc) is 2.22. The molecule has 16 heavy (non-hydrogen) atoms. The topological polar surface area (TPSA) is 41.1 Å². The lowest BCUT2D eigenvalue weighted by Gasteiger charge is -2.30. The summed E-state index contributed by atoms with van der Waals surface area (Å²) < 4.78 is 0. The molecule has 1 aliphatic rings. The number of halogens is 1. The van der Waals surface area contributed by atoms with E-state index in [0.717, 1.165) is 32.4 Å². The summed E-state index contributed by atoms with van der Waals surface area (Å²) in [6, 6.07) is 0.389. The van der Waals surface area contributed by atoms with Crippen molar-refractivity contribution in [2.45, 2.75) is 52.0 Å².